The van der Waals surface area contributed by atoms with Gasteiger partial charge in [-0.15, -0.1) is 0 Å². The second-order valence-electron chi connectivity index (χ2n) is 4.03. The van der Waals surface area contributed by atoms with Crippen LogP contribution in [-0.2, 0) is 9.53 Å². The van der Waals surface area contributed by atoms with Gasteiger partial charge in [0, 0.05) is 5.75 Å². The first-order valence-electron chi connectivity index (χ1n) is 5.61. The monoisotopic (exact) mass is 242 g/mol. The molecule has 0 aromatic heterocycles. The summed E-state index contributed by atoms with van der Waals surface area (Å²) in [6.45, 7) is 6.63. The molecule has 2 nitrogen and oxygen atoms in total. The molecule has 0 rings (SSSR count). The van der Waals surface area contributed by atoms with Crippen molar-refractivity contribution in [3.8, 4) is 0 Å². The summed E-state index contributed by atoms with van der Waals surface area (Å²) < 4.78 is 5.00. The lowest BCUT2D eigenvalue weighted by atomic mass is 10.1. The van der Waals surface area contributed by atoms with Crippen LogP contribution in [0.3, 0.4) is 0 Å². The molecule has 92 valence electrons. The summed E-state index contributed by atoms with van der Waals surface area (Å²) >= 11 is 3.97. The summed E-state index contributed by atoms with van der Waals surface area (Å²) in [6.07, 6.45) is 6.64. The lowest BCUT2D eigenvalue weighted by molar-refractivity contribution is -0.141. The highest BCUT2D eigenvalue weighted by molar-refractivity contribution is 7.80. The molecule has 0 unspecified atom stereocenters. The number of esters is 1. The Morgan fingerprint density at radius 1 is 1.19 bits per heavy atom. The average Bonchev–Trinajstić information content (AvgIpc) is 2.17. The first-order chi connectivity index (χ1) is 7.56. The maximum atomic E-state index is 11.0. The van der Waals surface area contributed by atoms with Crippen LogP contribution in [0, 0.1) is 0 Å². The van der Waals surface area contributed by atoms with Crippen molar-refractivity contribution in [3.05, 3.63) is 23.3 Å². The van der Waals surface area contributed by atoms with Gasteiger partial charge in [0.2, 0.25) is 0 Å². The second kappa shape index (κ2) is 9.52. The maximum absolute atomic E-state index is 11.0. The van der Waals surface area contributed by atoms with Crippen LogP contribution in [0.1, 0.15) is 40.0 Å². The quantitative estimate of drug-likeness (QED) is 0.420. The Bertz CT molecular complexity index is 263. The topological polar surface area (TPSA) is 26.3 Å². The minimum absolute atomic E-state index is 0.177. The number of hydrogen-bond acceptors (Lipinski definition) is 3. The number of carbonyl (C=O) groups excluding carboxylic acids is 1. The van der Waals surface area contributed by atoms with E-state index in [-0.39, 0.29) is 5.97 Å². The van der Waals surface area contributed by atoms with E-state index in [9.17, 15) is 4.79 Å². The van der Waals surface area contributed by atoms with Crippen LogP contribution >= 0.6 is 12.6 Å². The zero-order chi connectivity index (χ0) is 12.4. The Morgan fingerprint density at radius 3 is 2.44 bits per heavy atom. The van der Waals surface area contributed by atoms with Gasteiger partial charge in [-0.25, -0.2) is 0 Å². The number of rotatable bonds is 7. The van der Waals surface area contributed by atoms with Crippen molar-refractivity contribution in [2.24, 2.45) is 0 Å². The van der Waals surface area contributed by atoms with Gasteiger partial charge in [0.05, 0.1) is 6.42 Å². The molecule has 0 spiro atoms. The van der Waals surface area contributed by atoms with E-state index in [0.717, 1.165) is 12.8 Å². The van der Waals surface area contributed by atoms with Gasteiger partial charge in [-0.05, 0) is 39.7 Å². The molecule has 0 bridgehead atoms. The van der Waals surface area contributed by atoms with Crippen LogP contribution in [-0.4, -0.2) is 18.3 Å². The summed E-state index contributed by atoms with van der Waals surface area (Å²) in [5.74, 6) is 0.366. The Labute approximate surface area is 104 Å². The Balaban J connectivity index is 3.70. The molecule has 0 radical (unpaired) electrons. The fraction of sp³-hybridized carbons (Fsp3) is 0.615. The molecular weight excluding hydrogens is 220 g/mol. The molecule has 0 aromatic carbocycles. The van der Waals surface area contributed by atoms with Crippen molar-refractivity contribution in [2.45, 2.75) is 40.0 Å². The van der Waals surface area contributed by atoms with E-state index < -0.39 is 0 Å². The van der Waals surface area contributed by atoms with Gasteiger partial charge < -0.3 is 4.74 Å². The maximum Gasteiger partial charge on any atom is 0.306 e. The lowest BCUT2D eigenvalue weighted by Crippen LogP contribution is -2.04. The van der Waals surface area contributed by atoms with E-state index >= 15 is 0 Å². The van der Waals surface area contributed by atoms with E-state index in [1.165, 1.54) is 11.1 Å². The van der Waals surface area contributed by atoms with E-state index in [0.29, 0.717) is 18.8 Å². The number of hydrogen-bond donors (Lipinski definition) is 1. The summed E-state index contributed by atoms with van der Waals surface area (Å²) in [6, 6.07) is 0. The molecule has 0 aliphatic rings. The third-order valence-corrected chi connectivity index (χ3v) is 2.31. The van der Waals surface area contributed by atoms with Gasteiger partial charge in [0.15, 0.2) is 0 Å². The van der Waals surface area contributed by atoms with Gasteiger partial charge in [0.1, 0.15) is 6.61 Å². The van der Waals surface area contributed by atoms with Crippen molar-refractivity contribution in [1.29, 1.82) is 0 Å². The minimum atomic E-state index is -0.177. The molecule has 0 saturated carbocycles. The molecule has 0 saturated heterocycles. The molecule has 0 N–H and O–H groups in total. The standard InChI is InChI=1S/C13H22O2S/c1-11(2)5-4-6-12(3)7-9-15-13(14)8-10-16/h5,7,16H,4,6,8-10H2,1-3H3/b12-7+. The third-order valence-electron chi connectivity index (χ3n) is 2.08. The van der Waals surface area contributed by atoms with E-state index in [1.54, 1.807) is 0 Å². The van der Waals surface area contributed by atoms with Gasteiger partial charge in [0.25, 0.3) is 0 Å². The summed E-state index contributed by atoms with van der Waals surface area (Å²) in [4.78, 5) is 11.0. The third kappa shape index (κ3) is 9.84. The molecule has 0 aromatic rings. The Morgan fingerprint density at radius 2 is 1.88 bits per heavy atom. The molecule has 16 heavy (non-hydrogen) atoms. The lowest BCUT2D eigenvalue weighted by Gasteiger charge is -2.02. The van der Waals surface area contributed by atoms with Gasteiger partial charge in [-0.3, -0.25) is 4.79 Å². The summed E-state index contributed by atoms with van der Waals surface area (Å²) in [5.41, 5.74) is 2.60. The van der Waals surface area contributed by atoms with E-state index in [4.69, 9.17) is 4.74 Å². The zero-order valence-corrected chi connectivity index (χ0v) is 11.3. The highest BCUT2D eigenvalue weighted by Gasteiger charge is 1.98. The molecule has 0 fully saturated rings. The first kappa shape index (κ1) is 15.3. The second-order valence-corrected chi connectivity index (χ2v) is 4.47. The van der Waals surface area contributed by atoms with Crippen LogP contribution in [0.15, 0.2) is 23.3 Å². The molecule has 0 aliphatic carbocycles. The number of ether oxygens (including phenoxy) is 1. The summed E-state index contributed by atoms with van der Waals surface area (Å²) in [7, 11) is 0. The predicted molar refractivity (Wildman–Crippen MR) is 71.9 cm³/mol. The van der Waals surface area contributed by atoms with Gasteiger partial charge in [-0.2, -0.15) is 12.6 Å². The van der Waals surface area contributed by atoms with Crippen LogP contribution in [0.4, 0.5) is 0 Å². The van der Waals surface area contributed by atoms with E-state index in [1.807, 2.05) is 6.08 Å². The molecule has 0 heterocycles. The van der Waals surface area contributed by atoms with Gasteiger partial charge in [-0.1, -0.05) is 17.2 Å². The highest BCUT2D eigenvalue weighted by atomic mass is 32.1. The fourth-order valence-electron chi connectivity index (χ4n) is 1.13. The van der Waals surface area contributed by atoms with Crippen molar-refractivity contribution in [1.82, 2.24) is 0 Å². The van der Waals surface area contributed by atoms with Crippen LogP contribution in [0.25, 0.3) is 0 Å². The number of carbonyl (C=O) groups is 1. The fourth-order valence-corrected chi connectivity index (χ4v) is 1.31. The van der Waals surface area contributed by atoms with Crippen LogP contribution in [0.5, 0.6) is 0 Å². The van der Waals surface area contributed by atoms with Crippen molar-refractivity contribution < 1.29 is 9.53 Å². The van der Waals surface area contributed by atoms with Crippen LogP contribution < -0.4 is 0 Å². The molecule has 3 heteroatoms. The first-order valence-corrected chi connectivity index (χ1v) is 6.25. The predicted octanol–water partition coefficient (Wildman–Crippen LogP) is 3.54. The van der Waals surface area contributed by atoms with Crippen molar-refractivity contribution in [3.63, 3.8) is 0 Å². The SMILES string of the molecule is CC(C)=CCC/C(C)=C/COC(=O)CCS. The zero-order valence-electron chi connectivity index (χ0n) is 10.5. The number of thiol groups is 1. The summed E-state index contributed by atoms with van der Waals surface area (Å²) in [5, 5.41) is 0. The molecular formula is C13H22O2S. The highest BCUT2D eigenvalue weighted by Crippen LogP contribution is 2.06. The van der Waals surface area contributed by atoms with Crippen LogP contribution in [0.2, 0.25) is 0 Å². The smallest absolute Gasteiger partial charge is 0.306 e. The Hall–Kier alpha value is -0.700. The van der Waals surface area contributed by atoms with Crippen molar-refractivity contribution in [2.75, 3.05) is 12.4 Å². The van der Waals surface area contributed by atoms with Gasteiger partial charge >= 0.3 is 5.97 Å². The van der Waals surface area contributed by atoms with Crippen molar-refractivity contribution >= 4 is 18.6 Å². The minimum Gasteiger partial charge on any atom is -0.461 e. The van der Waals surface area contributed by atoms with E-state index in [2.05, 4.69) is 39.5 Å². The average molecular weight is 242 g/mol. The molecule has 0 atom stereocenters. The Kier molecular flexibility index (Phi) is 9.10. The number of allylic oxidation sites excluding steroid dienone is 3. The normalized spacial score (nSPS) is 11.1. The molecule has 0 amide bonds. The molecule has 0 aliphatic heterocycles. The largest absolute Gasteiger partial charge is 0.461 e.